The van der Waals surface area contributed by atoms with Gasteiger partial charge in [0.05, 0.1) is 12.0 Å². The monoisotopic (exact) mass is 352 g/mol. The number of rotatable bonds is 6. The molecule has 1 heterocycles. The van der Waals surface area contributed by atoms with Gasteiger partial charge in [-0.2, -0.15) is 0 Å². The minimum absolute atomic E-state index is 0.0134. The molecule has 0 saturated carbocycles. The van der Waals surface area contributed by atoms with Gasteiger partial charge in [0.25, 0.3) is 5.91 Å². The zero-order valence-corrected chi connectivity index (χ0v) is 13.9. The highest BCUT2D eigenvalue weighted by Crippen LogP contribution is 2.34. The number of thiocarbonyl (C=S) groups is 1. The van der Waals surface area contributed by atoms with Crippen LogP contribution in [0.4, 0.5) is 0 Å². The number of aliphatic carboxylic acids is 1. The molecule has 0 atom stereocenters. The molecule has 1 aromatic rings. The molecule has 1 saturated heterocycles. The summed E-state index contributed by atoms with van der Waals surface area (Å²) in [6, 6.07) is 4.74. The Bertz CT molecular complexity index is 686. The van der Waals surface area contributed by atoms with Crippen LogP contribution in [0.1, 0.15) is 18.4 Å². The number of hydrogen-bond donors (Lipinski definition) is 1. The molecule has 2 rings (SSSR count). The Morgan fingerprint density at radius 1 is 1.52 bits per heavy atom. The number of amides is 1. The lowest BCUT2D eigenvalue weighted by Crippen LogP contribution is -2.30. The highest BCUT2D eigenvalue weighted by atomic mass is 32.2. The lowest BCUT2D eigenvalue weighted by molar-refractivity contribution is -0.305. The topological polar surface area (TPSA) is 89.9 Å². The van der Waals surface area contributed by atoms with Crippen LogP contribution in [0.2, 0.25) is 0 Å². The second-order valence-corrected chi connectivity index (χ2v) is 6.42. The lowest BCUT2D eigenvalue weighted by atomic mass is 10.2. The smallest absolute Gasteiger partial charge is 0.266 e. The predicted molar refractivity (Wildman–Crippen MR) is 88.8 cm³/mol. The number of carboxylic acid groups (broad SMARTS) is 1. The van der Waals surface area contributed by atoms with Crippen molar-refractivity contribution in [2.45, 2.75) is 12.8 Å². The number of carbonyl (C=O) groups is 2. The Labute approximate surface area is 142 Å². The molecule has 1 N–H and O–H groups in total. The summed E-state index contributed by atoms with van der Waals surface area (Å²) in [5.41, 5.74) is 0.690. The Morgan fingerprint density at radius 2 is 2.26 bits per heavy atom. The van der Waals surface area contributed by atoms with Gasteiger partial charge in [-0.25, -0.2) is 0 Å². The van der Waals surface area contributed by atoms with E-state index in [1.807, 2.05) is 0 Å². The van der Waals surface area contributed by atoms with E-state index in [0.29, 0.717) is 20.5 Å². The number of carbonyl (C=O) groups excluding carboxylic acids is 2. The first-order valence-corrected chi connectivity index (χ1v) is 7.97. The normalized spacial score (nSPS) is 16.2. The number of phenols is 1. The fourth-order valence-electron chi connectivity index (χ4n) is 2.01. The summed E-state index contributed by atoms with van der Waals surface area (Å²) in [6.07, 6.45) is 1.82. The number of aromatic hydroxyl groups is 1. The fraction of sp³-hybridized carbons (Fsp3) is 0.267. The van der Waals surface area contributed by atoms with Gasteiger partial charge in [0.15, 0.2) is 11.5 Å². The van der Waals surface area contributed by atoms with E-state index in [1.165, 1.54) is 18.1 Å². The molecule has 1 amide bonds. The molecule has 0 spiro atoms. The van der Waals surface area contributed by atoms with Gasteiger partial charge < -0.3 is 19.7 Å². The van der Waals surface area contributed by atoms with Crippen LogP contribution in [0.15, 0.2) is 23.1 Å². The van der Waals surface area contributed by atoms with E-state index in [4.69, 9.17) is 17.0 Å². The van der Waals surface area contributed by atoms with E-state index < -0.39 is 5.97 Å². The Balaban J connectivity index is 2.13. The number of phenolic OH excluding ortho intramolecular Hbond substituents is 1. The van der Waals surface area contributed by atoms with Gasteiger partial charge in [-0.05, 0) is 36.6 Å². The third-order valence-electron chi connectivity index (χ3n) is 3.14. The van der Waals surface area contributed by atoms with Crippen LogP contribution in [0.5, 0.6) is 11.5 Å². The maximum atomic E-state index is 12.3. The molecule has 1 aliphatic rings. The van der Waals surface area contributed by atoms with Crippen molar-refractivity contribution >= 4 is 46.3 Å². The van der Waals surface area contributed by atoms with Crippen LogP contribution in [0.25, 0.3) is 6.08 Å². The molecule has 0 aliphatic carbocycles. The molecular formula is C15H14NO5S2-. The highest BCUT2D eigenvalue weighted by molar-refractivity contribution is 8.26. The average molecular weight is 352 g/mol. The molecular weight excluding hydrogens is 338 g/mol. The fourth-order valence-corrected chi connectivity index (χ4v) is 3.32. The SMILES string of the molecule is COc1cc(/C=C2/SC(=S)N(CCCC(=O)[O-])C2=O)ccc1O. The van der Waals surface area contributed by atoms with E-state index in [1.54, 1.807) is 18.2 Å². The van der Waals surface area contributed by atoms with Gasteiger partial charge in [-0.1, -0.05) is 30.0 Å². The molecule has 1 aliphatic heterocycles. The van der Waals surface area contributed by atoms with Crippen molar-refractivity contribution in [3.8, 4) is 11.5 Å². The van der Waals surface area contributed by atoms with E-state index in [-0.39, 0.29) is 31.0 Å². The quantitative estimate of drug-likeness (QED) is 0.606. The summed E-state index contributed by atoms with van der Waals surface area (Å²) in [4.78, 5) is 24.6. The maximum absolute atomic E-state index is 12.3. The van der Waals surface area contributed by atoms with Gasteiger partial charge in [0.2, 0.25) is 0 Å². The van der Waals surface area contributed by atoms with Crippen LogP contribution in [-0.2, 0) is 9.59 Å². The number of hydrogen-bond acceptors (Lipinski definition) is 7. The number of thioether (sulfide) groups is 1. The van der Waals surface area contributed by atoms with Crippen molar-refractivity contribution < 1.29 is 24.5 Å². The van der Waals surface area contributed by atoms with E-state index in [9.17, 15) is 19.8 Å². The standard InChI is InChI=1S/C15H15NO5S2/c1-21-11-7-9(4-5-10(11)17)8-12-14(20)16(15(22)23-12)6-2-3-13(18)19/h4-5,7-8,17H,2-3,6H2,1H3,(H,18,19)/p-1/b12-8+. The third kappa shape index (κ3) is 4.23. The Kier molecular flexibility index (Phi) is 5.62. The number of benzene rings is 1. The van der Waals surface area contributed by atoms with Crippen molar-refractivity contribution in [1.29, 1.82) is 0 Å². The lowest BCUT2D eigenvalue weighted by Gasteiger charge is -2.14. The number of nitrogens with zero attached hydrogens (tertiary/aromatic N) is 1. The summed E-state index contributed by atoms with van der Waals surface area (Å²) in [6.45, 7) is 0.245. The van der Waals surface area contributed by atoms with Gasteiger partial charge in [0.1, 0.15) is 4.32 Å². The minimum Gasteiger partial charge on any atom is -0.550 e. The van der Waals surface area contributed by atoms with Crippen LogP contribution in [0.3, 0.4) is 0 Å². The largest absolute Gasteiger partial charge is 0.550 e. The zero-order chi connectivity index (χ0) is 17.0. The van der Waals surface area contributed by atoms with Crippen molar-refractivity contribution in [1.82, 2.24) is 4.90 Å². The Morgan fingerprint density at radius 3 is 2.91 bits per heavy atom. The van der Waals surface area contributed by atoms with E-state index in [0.717, 1.165) is 11.8 Å². The molecule has 1 aromatic carbocycles. The third-order valence-corrected chi connectivity index (χ3v) is 4.52. The number of carboxylic acids is 1. The molecule has 0 unspecified atom stereocenters. The molecule has 1 fully saturated rings. The molecule has 6 nitrogen and oxygen atoms in total. The van der Waals surface area contributed by atoms with Crippen molar-refractivity contribution in [2.24, 2.45) is 0 Å². The molecule has 0 aromatic heterocycles. The molecule has 0 bridgehead atoms. The van der Waals surface area contributed by atoms with Gasteiger partial charge in [-0.15, -0.1) is 0 Å². The number of methoxy groups -OCH3 is 1. The van der Waals surface area contributed by atoms with Gasteiger partial charge >= 0.3 is 0 Å². The summed E-state index contributed by atoms with van der Waals surface area (Å²) in [5.74, 6) is -1.09. The molecule has 0 radical (unpaired) electrons. The number of ether oxygens (including phenoxy) is 1. The summed E-state index contributed by atoms with van der Waals surface area (Å²) < 4.78 is 5.42. The van der Waals surface area contributed by atoms with Crippen molar-refractivity contribution in [3.63, 3.8) is 0 Å². The Hall–Kier alpha value is -2.06. The van der Waals surface area contributed by atoms with Crippen LogP contribution >= 0.6 is 24.0 Å². The molecule has 23 heavy (non-hydrogen) atoms. The first kappa shape index (κ1) is 17.3. The second kappa shape index (κ2) is 7.47. The van der Waals surface area contributed by atoms with Crippen LogP contribution in [-0.4, -0.2) is 39.9 Å². The zero-order valence-electron chi connectivity index (χ0n) is 12.3. The second-order valence-electron chi connectivity index (χ2n) is 4.74. The first-order chi connectivity index (χ1) is 10.9. The molecule has 122 valence electrons. The van der Waals surface area contributed by atoms with Crippen molar-refractivity contribution in [3.05, 3.63) is 28.7 Å². The van der Waals surface area contributed by atoms with Crippen LogP contribution < -0.4 is 9.84 Å². The van der Waals surface area contributed by atoms with Gasteiger partial charge in [0, 0.05) is 12.5 Å². The van der Waals surface area contributed by atoms with E-state index in [2.05, 4.69) is 0 Å². The minimum atomic E-state index is -1.15. The average Bonchev–Trinajstić information content (AvgIpc) is 2.76. The summed E-state index contributed by atoms with van der Waals surface area (Å²) in [5, 5.41) is 20.0. The highest BCUT2D eigenvalue weighted by Gasteiger charge is 2.31. The summed E-state index contributed by atoms with van der Waals surface area (Å²) >= 11 is 6.31. The van der Waals surface area contributed by atoms with E-state index >= 15 is 0 Å². The predicted octanol–water partition coefficient (Wildman–Crippen LogP) is 1.13. The van der Waals surface area contributed by atoms with Gasteiger partial charge in [-0.3, -0.25) is 9.69 Å². The molecule has 8 heteroatoms. The summed E-state index contributed by atoms with van der Waals surface area (Å²) in [7, 11) is 1.44. The maximum Gasteiger partial charge on any atom is 0.266 e. The van der Waals surface area contributed by atoms with Crippen LogP contribution in [0, 0.1) is 0 Å². The van der Waals surface area contributed by atoms with Crippen molar-refractivity contribution in [2.75, 3.05) is 13.7 Å². The first-order valence-electron chi connectivity index (χ1n) is 6.74.